The lowest BCUT2D eigenvalue weighted by molar-refractivity contribution is -0.140. The van der Waals surface area contributed by atoms with E-state index in [1.54, 1.807) is 43.5 Å². The molecule has 32 heavy (non-hydrogen) atoms. The van der Waals surface area contributed by atoms with Crippen molar-refractivity contribution in [3.05, 3.63) is 57.7 Å². The summed E-state index contributed by atoms with van der Waals surface area (Å²) in [5.74, 6) is -0.110. The maximum absolute atomic E-state index is 13.4. The van der Waals surface area contributed by atoms with Gasteiger partial charge in [0.1, 0.15) is 18.3 Å². The summed E-state index contributed by atoms with van der Waals surface area (Å²) in [4.78, 5) is 27.3. The van der Waals surface area contributed by atoms with E-state index in [0.717, 1.165) is 19.7 Å². The topological polar surface area (TPSA) is 96.0 Å². The summed E-state index contributed by atoms with van der Waals surface area (Å²) in [6.07, 6.45) is 1.44. The molecule has 0 heterocycles. The number of halogens is 1. The van der Waals surface area contributed by atoms with Crippen LogP contribution in [0.1, 0.15) is 18.9 Å². The number of anilines is 1. The number of ether oxygens (including phenoxy) is 1. The fourth-order valence-corrected chi connectivity index (χ4v) is 4.44. The maximum Gasteiger partial charge on any atom is 0.244 e. The van der Waals surface area contributed by atoms with Crippen LogP contribution in [0.5, 0.6) is 5.75 Å². The summed E-state index contributed by atoms with van der Waals surface area (Å²) < 4.78 is 32.2. The zero-order valence-electron chi connectivity index (χ0n) is 18.5. The van der Waals surface area contributed by atoms with Crippen LogP contribution in [0.25, 0.3) is 0 Å². The van der Waals surface area contributed by atoms with E-state index in [1.807, 2.05) is 19.1 Å². The van der Waals surface area contributed by atoms with E-state index in [4.69, 9.17) is 4.74 Å². The molecule has 0 saturated heterocycles. The van der Waals surface area contributed by atoms with E-state index in [9.17, 15) is 18.0 Å². The van der Waals surface area contributed by atoms with Crippen molar-refractivity contribution >= 4 is 50.1 Å². The Morgan fingerprint density at radius 3 is 2.16 bits per heavy atom. The zero-order valence-corrected chi connectivity index (χ0v) is 21.5. The number of carbonyl (C=O) groups excluding carboxylic acids is 2. The van der Waals surface area contributed by atoms with Crippen molar-refractivity contribution in [2.45, 2.75) is 25.9 Å². The lowest BCUT2D eigenvalue weighted by atomic mass is 10.1. The Balaban J connectivity index is 2.39. The van der Waals surface area contributed by atoms with Gasteiger partial charge in [-0.2, -0.15) is 0 Å². The lowest BCUT2D eigenvalue weighted by Crippen LogP contribution is -2.51. The molecule has 0 aromatic heterocycles. The summed E-state index contributed by atoms with van der Waals surface area (Å²) in [5, 5.41) is 2.59. The molecule has 1 N–H and O–H groups in total. The molecule has 0 fully saturated rings. The van der Waals surface area contributed by atoms with Crippen LogP contribution in [-0.4, -0.2) is 58.1 Å². The molecule has 174 valence electrons. The van der Waals surface area contributed by atoms with Crippen molar-refractivity contribution < 1.29 is 22.7 Å². The third-order valence-electron chi connectivity index (χ3n) is 4.94. The molecule has 0 spiro atoms. The quantitative estimate of drug-likeness (QED) is 0.441. The summed E-state index contributed by atoms with van der Waals surface area (Å²) in [7, 11) is -0.660. The molecule has 0 unspecified atom stereocenters. The smallest absolute Gasteiger partial charge is 0.244 e. The fourth-order valence-electron chi connectivity index (χ4n) is 3.23. The number of hydrogen-bond acceptors (Lipinski definition) is 5. The van der Waals surface area contributed by atoms with Gasteiger partial charge in [0.2, 0.25) is 21.8 Å². The minimum atomic E-state index is -3.73. The first-order chi connectivity index (χ1) is 15.1. The third kappa shape index (κ3) is 6.83. The van der Waals surface area contributed by atoms with Gasteiger partial charge in [-0.15, -0.1) is 0 Å². The molecule has 0 saturated carbocycles. The molecule has 8 nitrogen and oxygen atoms in total. The van der Waals surface area contributed by atoms with Gasteiger partial charge in [-0.25, -0.2) is 8.42 Å². The Bertz CT molecular complexity index is 1030. The second-order valence-electron chi connectivity index (χ2n) is 7.15. The number of likely N-dealkylation sites (N-methyl/N-ethyl adjacent to an activating group) is 1. The Morgan fingerprint density at radius 1 is 1.09 bits per heavy atom. The van der Waals surface area contributed by atoms with Gasteiger partial charge in [-0.1, -0.05) is 19.1 Å². The van der Waals surface area contributed by atoms with Gasteiger partial charge < -0.3 is 15.0 Å². The van der Waals surface area contributed by atoms with E-state index < -0.39 is 28.5 Å². The lowest BCUT2D eigenvalue weighted by Gasteiger charge is -2.32. The van der Waals surface area contributed by atoms with Crippen molar-refractivity contribution in [1.29, 1.82) is 0 Å². The summed E-state index contributed by atoms with van der Waals surface area (Å²) in [5.41, 5.74) is 1.18. The molecule has 0 aliphatic rings. The highest BCUT2D eigenvalue weighted by molar-refractivity contribution is 14.1. The van der Waals surface area contributed by atoms with Gasteiger partial charge in [0.15, 0.2) is 0 Å². The minimum absolute atomic E-state index is 0.152. The number of nitrogens with one attached hydrogen (secondary N) is 1. The van der Waals surface area contributed by atoms with Crippen LogP contribution in [-0.2, 0) is 26.2 Å². The van der Waals surface area contributed by atoms with Gasteiger partial charge in [0.25, 0.3) is 0 Å². The molecule has 2 aromatic rings. The average molecular weight is 573 g/mol. The number of benzene rings is 2. The minimum Gasteiger partial charge on any atom is -0.497 e. The molecule has 10 heteroatoms. The van der Waals surface area contributed by atoms with Crippen molar-refractivity contribution in [2.75, 3.05) is 31.3 Å². The van der Waals surface area contributed by atoms with Gasteiger partial charge in [-0.05, 0) is 71.0 Å². The molecule has 1 atom stereocenters. The summed E-state index contributed by atoms with van der Waals surface area (Å²) in [6.45, 7) is 1.55. The van der Waals surface area contributed by atoms with Crippen LogP contribution in [0.4, 0.5) is 5.69 Å². The van der Waals surface area contributed by atoms with E-state index in [2.05, 4.69) is 27.9 Å². The molecule has 0 aliphatic heterocycles. The third-order valence-corrected chi connectivity index (χ3v) is 6.80. The molecular weight excluding hydrogens is 545 g/mol. The predicted octanol–water partition coefficient (Wildman–Crippen LogP) is 2.62. The standard InChI is InChI=1S/C22H28IN3O5S/c1-5-20(22(28)24-2)25(14-16-6-12-19(31-3)13-7-16)21(27)15-26(32(4,29)30)18-10-8-17(23)9-11-18/h6-13,20H,5,14-15H2,1-4H3,(H,24,28)/t20-/m0/s1. The van der Waals surface area contributed by atoms with E-state index >= 15 is 0 Å². The summed E-state index contributed by atoms with van der Waals surface area (Å²) in [6, 6.07) is 13.3. The number of rotatable bonds is 10. The van der Waals surface area contributed by atoms with Crippen LogP contribution in [0.3, 0.4) is 0 Å². The van der Waals surface area contributed by atoms with Gasteiger partial charge in [0.05, 0.1) is 19.1 Å². The van der Waals surface area contributed by atoms with Gasteiger partial charge >= 0.3 is 0 Å². The molecule has 2 rings (SSSR count). The molecule has 0 bridgehead atoms. The molecule has 2 aromatic carbocycles. The van der Waals surface area contributed by atoms with Crippen LogP contribution in [0, 0.1) is 3.57 Å². The Hall–Kier alpha value is -2.34. The number of amides is 2. The normalized spacial score (nSPS) is 12.0. The first kappa shape index (κ1) is 25.9. The second-order valence-corrected chi connectivity index (χ2v) is 10.3. The summed E-state index contributed by atoms with van der Waals surface area (Å²) >= 11 is 2.12. The molecular formula is C22H28IN3O5S. The number of nitrogens with zero attached hydrogens (tertiary/aromatic N) is 2. The SMILES string of the molecule is CC[C@@H](C(=O)NC)N(Cc1ccc(OC)cc1)C(=O)CN(c1ccc(I)cc1)S(C)(=O)=O. The van der Waals surface area contributed by atoms with Crippen LogP contribution < -0.4 is 14.4 Å². The number of sulfonamides is 1. The average Bonchev–Trinajstić information content (AvgIpc) is 2.77. The number of methoxy groups -OCH3 is 1. The fraction of sp³-hybridized carbons (Fsp3) is 0.364. The zero-order chi connectivity index (χ0) is 23.9. The Labute approximate surface area is 203 Å². The van der Waals surface area contributed by atoms with Crippen molar-refractivity contribution in [1.82, 2.24) is 10.2 Å². The highest BCUT2D eigenvalue weighted by Gasteiger charge is 2.31. The van der Waals surface area contributed by atoms with Crippen LogP contribution >= 0.6 is 22.6 Å². The van der Waals surface area contributed by atoms with Crippen molar-refractivity contribution in [2.24, 2.45) is 0 Å². The first-order valence-electron chi connectivity index (χ1n) is 9.98. The van der Waals surface area contributed by atoms with Crippen molar-refractivity contribution in [3.8, 4) is 5.75 Å². The van der Waals surface area contributed by atoms with Crippen LogP contribution in [0.15, 0.2) is 48.5 Å². The van der Waals surface area contributed by atoms with E-state index in [1.165, 1.54) is 11.9 Å². The molecule has 0 radical (unpaired) electrons. The van der Waals surface area contributed by atoms with Crippen molar-refractivity contribution in [3.63, 3.8) is 0 Å². The maximum atomic E-state index is 13.4. The predicted molar refractivity (Wildman–Crippen MR) is 133 cm³/mol. The monoisotopic (exact) mass is 573 g/mol. The van der Waals surface area contributed by atoms with Crippen LogP contribution in [0.2, 0.25) is 0 Å². The Kier molecular flexibility index (Phi) is 9.32. The molecule has 0 aliphatic carbocycles. The largest absolute Gasteiger partial charge is 0.497 e. The first-order valence-corrected chi connectivity index (χ1v) is 12.9. The second kappa shape index (κ2) is 11.5. The Morgan fingerprint density at radius 2 is 1.69 bits per heavy atom. The number of carbonyl (C=O) groups is 2. The van der Waals surface area contributed by atoms with Gasteiger partial charge in [0, 0.05) is 17.2 Å². The van der Waals surface area contributed by atoms with E-state index in [-0.39, 0.29) is 12.5 Å². The highest BCUT2D eigenvalue weighted by atomic mass is 127. The van der Waals surface area contributed by atoms with E-state index in [0.29, 0.717) is 17.9 Å². The number of hydrogen-bond donors (Lipinski definition) is 1. The van der Waals surface area contributed by atoms with Gasteiger partial charge in [-0.3, -0.25) is 13.9 Å². The highest BCUT2D eigenvalue weighted by Crippen LogP contribution is 2.21. The molecule has 2 amide bonds.